The van der Waals surface area contributed by atoms with Gasteiger partial charge in [0.1, 0.15) is 25.4 Å². The Morgan fingerprint density at radius 1 is 0.696 bits per heavy atom. The van der Waals surface area contributed by atoms with E-state index in [2.05, 4.69) is 5.32 Å². The summed E-state index contributed by atoms with van der Waals surface area (Å²) < 4.78 is 23.2. The summed E-state index contributed by atoms with van der Waals surface area (Å²) in [4.78, 5) is 0. The van der Waals surface area contributed by atoms with Gasteiger partial charge in [0.25, 0.3) is 0 Å². The molecule has 0 saturated heterocycles. The van der Waals surface area contributed by atoms with Crippen LogP contribution in [0.4, 0.5) is 0 Å². The van der Waals surface area contributed by atoms with Gasteiger partial charge in [0.2, 0.25) is 0 Å². The average molecular weight is 313 g/mol. The molecule has 0 aliphatic carbocycles. The number of nitrogens with one attached hydrogen (secondary N) is 1. The number of hydrogen-bond donors (Lipinski definition) is 1. The molecule has 0 unspecified atom stereocenters. The minimum Gasteiger partial charge on any atom is -0.486 e. The third-order valence-corrected chi connectivity index (χ3v) is 3.88. The third-order valence-electron chi connectivity index (χ3n) is 3.88. The largest absolute Gasteiger partial charge is 0.486 e. The number of para-hydroxylation sites is 4. The first-order chi connectivity index (χ1) is 11.4. The van der Waals surface area contributed by atoms with Gasteiger partial charge >= 0.3 is 0 Å². The minimum atomic E-state index is 0.00157. The van der Waals surface area contributed by atoms with Gasteiger partial charge in [-0.2, -0.15) is 0 Å². The average Bonchev–Trinajstić information content (AvgIpc) is 2.61. The van der Waals surface area contributed by atoms with Crippen LogP contribution in [-0.4, -0.2) is 38.5 Å². The molecule has 5 heteroatoms. The van der Waals surface area contributed by atoms with Gasteiger partial charge in [0.05, 0.1) is 0 Å². The summed E-state index contributed by atoms with van der Waals surface area (Å²) in [5.41, 5.74) is 0. The highest BCUT2D eigenvalue weighted by Crippen LogP contribution is 2.31. The molecule has 2 atom stereocenters. The maximum Gasteiger partial charge on any atom is 0.161 e. The fraction of sp³-hybridized carbons (Fsp3) is 0.333. The van der Waals surface area contributed by atoms with Crippen LogP contribution in [0, 0.1) is 0 Å². The van der Waals surface area contributed by atoms with Crippen molar-refractivity contribution in [2.75, 3.05) is 26.3 Å². The van der Waals surface area contributed by atoms with Crippen molar-refractivity contribution < 1.29 is 18.9 Å². The number of rotatable bonds is 4. The highest BCUT2D eigenvalue weighted by atomic mass is 16.6. The van der Waals surface area contributed by atoms with Gasteiger partial charge in [0.15, 0.2) is 23.0 Å². The minimum absolute atomic E-state index is 0.00157. The van der Waals surface area contributed by atoms with Crippen molar-refractivity contribution in [1.29, 1.82) is 0 Å². The zero-order valence-electron chi connectivity index (χ0n) is 12.7. The van der Waals surface area contributed by atoms with Crippen molar-refractivity contribution in [2.24, 2.45) is 0 Å². The van der Waals surface area contributed by atoms with Crippen LogP contribution in [0.1, 0.15) is 0 Å². The predicted molar refractivity (Wildman–Crippen MR) is 85.6 cm³/mol. The van der Waals surface area contributed by atoms with E-state index in [9.17, 15) is 0 Å². The Labute approximate surface area is 135 Å². The van der Waals surface area contributed by atoms with Gasteiger partial charge in [-0.05, 0) is 24.3 Å². The molecular weight excluding hydrogens is 294 g/mol. The van der Waals surface area contributed by atoms with Crippen LogP contribution in [0.3, 0.4) is 0 Å². The molecule has 0 saturated carbocycles. The molecule has 23 heavy (non-hydrogen) atoms. The molecule has 2 aliphatic heterocycles. The van der Waals surface area contributed by atoms with Crippen LogP contribution in [-0.2, 0) is 0 Å². The maximum absolute atomic E-state index is 5.92. The Kier molecular flexibility index (Phi) is 3.94. The number of benzene rings is 2. The molecule has 5 nitrogen and oxygen atoms in total. The first-order valence-electron chi connectivity index (χ1n) is 7.86. The van der Waals surface area contributed by atoms with E-state index in [1.807, 2.05) is 48.5 Å². The van der Waals surface area contributed by atoms with Crippen molar-refractivity contribution in [3.63, 3.8) is 0 Å². The van der Waals surface area contributed by atoms with Gasteiger partial charge in [-0.1, -0.05) is 24.3 Å². The molecule has 1 N–H and O–H groups in total. The molecule has 2 aliphatic rings. The first-order valence-corrected chi connectivity index (χ1v) is 7.86. The monoisotopic (exact) mass is 313 g/mol. The molecule has 4 rings (SSSR count). The molecule has 120 valence electrons. The van der Waals surface area contributed by atoms with Gasteiger partial charge in [0, 0.05) is 13.1 Å². The SMILES string of the molecule is c1ccc2c(c1)OC[C@@H](CNC[C@H]1COc3ccccc3O1)O2. The summed E-state index contributed by atoms with van der Waals surface area (Å²) in [7, 11) is 0. The summed E-state index contributed by atoms with van der Waals surface area (Å²) in [6.07, 6.45) is 0.00314. The van der Waals surface area contributed by atoms with Crippen LogP contribution in [0.2, 0.25) is 0 Å². The van der Waals surface area contributed by atoms with Crippen LogP contribution in [0.25, 0.3) is 0 Å². The molecule has 0 fully saturated rings. The lowest BCUT2D eigenvalue weighted by Gasteiger charge is -2.29. The fourth-order valence-electron chi connectivity index (χ4n) is 2.73. The van der Waals surface area contributed by atoms with Crippen molar-refractivity contribution in [1.82, 2.24) is 5.32 Å². The molecule has 0 spiro atoms. The standard InChI is InChI=1S/C18H19NO4/c1-3-7-17-15(5-1)20-11-13(22-17)9-19-10-14-12-21-16-6-2-4-8-18(16)23-14/h1-8,13-14,19H,9-12H2/t13-,14+. The highest BCUT2D eigenvalue weighted by Gasteiger charge is 2.23. The third kappa shape index (κ3) is 3.19. The molecule has 2 heterocycles. The van der Waals surface area contributed by atoms with Crippen LogP contribution >= 0.6 is 0 Å². The molecule has 2 aromatic rings. The number of hydrogen-bond acceptors (Lipinski definition) is 5. The van der Waals surface area contributed by atoms with Crippen LogP contribution in [0.15, 0.2) is 48.5 Å². The lowest BCUT2D eigenvalue weighted by atomic mass is 10.2. The second kappa shape index (κ2) is 6.38. The van der Waals surface area contributed by atoms with E-state index in [0.29, 0.717) is 26.3 Å². The van der Waals surface area contributed by atoms with Crippen molar-refractivity contribution >= 4 is 0 Å². The molecule has 0 radical (unpaired) electrons. The quantitative estimate of drug-likeness (QED) is 0.938. The lowest BCUT2D eigenvalue weighted by Crippen LogP contribution is -2.44. The Balaban J connectivity index is 1.26. The topological polar surface area (TPSA) is 49.0 Å². The maximum atomic E-state index is 5.92. The Morgan fingerprint density at radius 3 is 1.61 bits per heavy atom. The zero-order valence-corrected chi connectivity index (χ0v) is 12.7. The van der Waals surface area contributed by atoms with Gasteiger partial charge in [-0.15, -0.1) is 0 Å². The predicted octanol–water partition coefficient (Wildman–Crippen LogP) is 2.26. The van der Waals surface area contributed by atoms with Gasteiger partial charge in [-0.25, -0.2) is 0 Å². The summed E-state index contributed by atoms with van der Waals surface area (Å²) in [5, 5.41) is 3.38. The molecule has 0 bridgehead atoms. The zero-order chi connectivity index (χ0) is 15.5. The van der Waals surface area contributed by atoms with E-state index in [1.165, 1.54) is 0 Å². The fourth-order valence-corrected chi connectivity index (χ4v) is 2.73. The van der Waals surface area contributed by atoms with E-state index >= 15 is 0 Å². The highest BCUT2D eigenvalue weighted by molar-refractivity contribution is 5.41. The van der Waals surface area contributed by atoms with E-state index < -0.39 is 0 Å². The second-order valence-corrected chi connectivity index (χ2v) is 5.65. The first kappa shape index (κ1) is 14.2. The molecule has 2 aromatic carbocycles. The van der Waals surface area contributed by atoms with E-state index in [1.54, 1.807) is 0 Å². The molecule has 0 amide bonds. The van der Waals surface area contributed by atoms with Crippen molar-refractivity contribution in [3.8, 4) is 23.0 Å². The smallest absolute Gasteiger partial charge is 0.161 e. The van der Waals surface area contributed by atoms with E-state index in [0.717, 1.165) is 23.0 Å². The summed E-state index contributed by atoms with van der Waals surface area (Å²) >= 11 is 0. The van der Waals surface area contributed by atoms with E-state index in [4.69, 9.17) is 18.9 Å². The Morgan fingerprint density at radius 2 is 1.13 bits per heavy atom. The summed E-state index contributed by atoms with van der Waals surface area (Å²) in [5.74, 6) is 3.22. The van der Waals surface area contributed by atoms with Crippen LogP contribution in [0.5, 0.6) is 23.0 Å². The second-order valence-electron chi connectivity index (χ2n) is 5.65. The lowest BCUT2D eigenvalue weighted by molar-refractivity contribution is 0.0727. The number of fused-ring (bicyclic) bond motifs is 2. The molecular formula is C18H19NO4. The normalized spacial score (nSPS) is 21.7. The summed E-state index contributed by atoms with van der Waals surface area (Å²) in [6, 6.07) is 15.5. The van der Waals surface area contributed by atoms with Crippen molar-refractivity contribution in [3.05, 3.63) is 48.5 Å². The summed E-state index contributed by atoms with van der Waals surface area (Å²) in [6.45, 7) is 2.51. The van der Waals surface area contributed by atoms with Gasteiger partial charge in [-0.3, -0.25) is 0 Å². The Hall–Kier alpha value is -2.40. The van der Waals surface area contributed by atoms with Crippen LogP contribution < -0.4 is 24.3 Å². The van der Waals surface area contributed by atoms with Gasteiger partial charge < -0.3 is 24.3 Å². The van der Waals surface area contributed by atoms with E-state index in [-0.39, 0.29) is 12.2 Å². The Bertz CT molecular complexity index is 618. The number of ether oxygens (including phenoxy) is 4. The molecule has 0 aromatic heterocycles. The van der Waals surface area contributed by atoms with Crippen molar-refractivity contribution in [2.45, 2.75) is 12.2 Å².